The third kappa shape index (κ3) is 3.79. The molecule has 0 bridgehead atoms. The van der Waals surface area contributed by atoms with Crippen molar-refractivity contribution in [3.8, 4) is 0 Å². The number of tetrazole rings is 1. The second-order valence-electron chi connectivity index (χ2n) is 6.05. The maximum Gasteiger partial charge on any atom is 0.340 e. The lowest BCUT2D eigenvalue weighted by atomic mass is 10.1. The maximum absolute atomic E-state index is 12.6. The second-order valence-corrected chi connectivity index (χ2v) is 6.05. The number of hydrogen-bond acceptors (Lipinski definition) is 8. The molecule has 1 aromatic heterocycles. The zero-order valence-electron chi connectivity index (χ0n) is 14.5. The Morgan fingerprint density at radius 1 is 1.35 bits per heavy atom. The lowest BCUT2D eigenvalue weighted by Gasteiger charge is -2.20. The summed E-state index contributed by atoms with van der Waals surface area (Å²) in [4.78, 5) is 25.2. The number of benzene rings is 1. The molecule has 26 heavy (non-hydrogen) atoms. The zero-order chi connectivity index (χ0) is 18.5. The first kappa shape index (κ1) is 17.8. The molecule has 0 saturated carbocycles. The van der Waals surface area contributed by atoms with Crippen molar-refractivity contribution in [3.63, 3.8) is 0 Å². The molecule has 1 aliphatic heterocycles. The first-order valence-corrected chi connectivity index (χ1v) is 8.55. The van der Waals surface area contributed by atoms with Gasteiger partial charge in [0.1, 0.15) is 0 Å². The van der Waals surface area contributed by atoms with E-state index >= 15 is 0 Å². The number of nitro groups is 1. The third-order valence-corrected chi connectivity index (χ3v) is 4.23. The van der Waals surface area contributed by atoms with Crippen molar-refractivity contribution < 1.29 is 14.5 Å². The van der Waals surface area contributed by atoms with Gasteiger partial charge < -0.3 is 9.64 Å². The van der Waals surface area contributed by atoms with Gasteiger partial charge in [0.15, 0.2) is 12.4 Å². The number of carbonyl (C=O) groups excluding carboxylic acids is 1. The molecule has 2 heterocycles. The van der Waals surface area contributed by atoms with E-state index in [1.54, 1.807) is 10.7 Å². The molecule has 0 radical (unpaired) electrons. The summed E-state index contributed by atoms with van der Waals surface area (Å²) in [5.74, 6) is -0.185. The molecule has 0 spiro atoms. The molecule has 3 rings (SSSR count). The molecule has 10 nitrogen and oxygen atoms in total. The van der Waals surface area contributed by atoms with Crippen molar-refractivity contribution in [2.24, 2.45) is 0 Å². The SMILES string of the molecule is CCCn1nnnc1COC(=O)c1cc([N+](=O)[O-])ccc1N1CCCC1. The van der Waals surface area contributed by atoms with E-state index < -0.39 is 10.9 Å². The summed E-state index contributed by atoms with van der Waals surface area (Å²) in [5.41, 5.74) is 0.706. The standard InChI is InChI=1S/C16H20N6O4/c1-2-7-21-15(17-18-19-21)11-26-16(23)13-10-12(22(24)25)5-6-14(13)20-8-3-4-9-20/h5-6,10H,2-4,7-9,11H2,1H3. The number of esters is 1. The number of non-ortho nitro benzene ring substituents is 1. The van der Waals surface area contributed by atoms with Gasteiger partial charge in [-0.05, 0) is 35.8 Å². The first-order valence-electron chi connectivity index (χ1n) is 8.55. The van der Waals surface area contributed by atoms with Crippen LogP contribution in [-0.2, 0) is 17.9 Å². The lowest BCUT2D eigenvalue weighted by Crippen LogP contribution is -2.21. The summed E-state index contributed by atoms with van der Waals surface area (Å²) in [5, 5.41) is 22.4. The average Bonchev–Trinajstić information content (AvgIpc) is 3.31. The number of nitrogens with zero attached hydrogens (tertiary/aromatic N) is 6. The van der Waals surface area contributed by atoms with Crippen LogP contribution >= 0.6 is 0 Å². The van der Waals surface area contributed by atoms with Crippen LogP contribution in [0.5, 0.6) is 0 Å². The number of aryl methyl sites for hydroxylation is 1. The number of hydrogen-bond donors (Lipinski definition) is 0. The van der Waals surface area contributed by atoms with Gasteiger partial charge in [-0.2, -0.15) is 0 Å². The Bertz CT molecular complexity index is 800. The molecule has 0 atom stereocenters. The highest BCUT2D eigenvalue weighted by Crippen LogP contribution is 2.29. The summed E-state index contributed by atoms with van der Waals surface area (Å²) >= 11 is 0. The van der Waals surface area contributed by atoms with Crippen molar-refractivity contribution in [3.05, 3.63) is 39.7 Å². The molecule has 0 aliphatic carbocycles. The minimum Gasteiger partial charge on any atom is -0.454 e. The van der Waals surface area contributed by atoms with Gasteiger partial charge in [0.2, 0.25) is 0 Å². The summed E-state index contributed by atoms with van der Waals surface area (Å²) in [6, 6.07) is 4.29. The van der Waals surface area contributed by atoms with Crippen LogP contribution in [0.15, 0.2) is 18.2 Å². The molecule has 1 aromatic carbocycles. The fourth-order valence-electron chi connectivity index (χ4n) is 2.95. The smallest absolute Gasteiger partial charge is 0.340 e. The highest BCUT2D eigenvalue weighted by Gasteiger charge is 2.24. The van der Waals surface area contributed by atoms with Gasteiger partial charge in [0, 0.05) is 31.8 Å². The van der Waals surface area contributed by atoms with Crippen LogP contribution in [0.2, 0.25) is 0 Å². The van der Waals surface area contributed by atoms with Crippen LogP contribution in [0.3, 0.4) is 0 Å². The van der Waals surface area contributed by atoms with E-state index in [1.807, 2.05) is 11.8 Å². The van der Waals surface area contributed by atoms with Gasteiger partial charge >= 0.3 is 5.97 Å². The van der Waals surface area contributed by atoms with Crippen LogP contribution in [0.1, 0.15) is 42.4 Å². The van der Waals surface area contributed by atoms with Gasteiger partial charge in [-0.15, -0.1) is 5.10 Å². The monoisotopic (exact) mass is 360 g/mol. The van der Waals surface area contributed by atoms with E-state index in [0.717, 1.165) is 32.4 Å². The van der Waals surface area contributed by atoms with Crippen molar-refractivity contribution >= 4 is 17.3 Å². The van der Waals surface area contributed by atoms with Crippen molar-refractivity contribution in [1.82, 2.24) is 20.2 Å². The molecule has 10 heteroatoms. The second kappa shape index (κ2) is 7.89. The van der Waals surface area contributed by atoms with Crippen LogP contribution in [0.4, 0.5) is 11.4 Å². The van der Waals surface area contributed by atoms with Crippen molar-refractivity contribution in [1.29, 1.82) is 0 Å². The number of rotatable bonds is 7. The van der Waals surface area contributed by atoms with Gasteiger partial charge in [-0.3, -0.25) is 10.1 Å². The Labute approximate surface area is 149 Å². The fourth-order valence-corrected chi connectivity index (χ4v) is 2.95. The summed E-state index contributed by atoms with van der Waals surface area (Å²) in [6.07, 6.45) is 2.89. The minimum absolute atomic E-state index is 0.0893. The van der Waals surface area contributed by atoms with Crippen LogP contribution in [0, 0.1) is 10.1 Å². The van der Waals surface area contributed by atoms with Gasteiger partial charge in [0.05, 0.1) is 16.2 Å². The normalized spacial score (nSPS) is 13.8. The van der Waals surface area contributed by atoms with Crippen molar-refractivity contribution in [2.45, 2.75) is 39.3 Å². The Hall–Kier alpha value is -3.04. The summed E-state index contributed by atoms with van der Waals surface area (Å²) < 4.78 is 6.91. The van der Waals surface area contributed by atoms with Crippen LogP contribution < -0.4 is 4.90 Å². The van der Waals surface area contributed by atoms with E-state index in [4.69, 9.17) is 4.74 Å². The highest BCUT2D eigenvalue weighted by molar-refractivity contribution is 5.96. The fraction of sp³-hybridized carbons (Fsp3) is 0.500. The summed E-state index contributed by atoms with van der Waals surface area (Å²) in [6.45, 7) is 4.15. The number of nitro benzene ring substituents is 1. The van der Waals surface area contributed by atoms with Gasteiger partial charge in [0.25, 0.3) is 5.69 Å². The Balaban J connectivity index is 1.81. The van der Waals surface area contributed by atoms with Gasteiger partial charge in [-0.25, -0.2) is 9.48 Å². The minimum atomic E-state index is -0.623. The molecule has 1 aliphatic rings. The summed E-state index contributed by atoms with van der Waals surface area (Å²) in [7, 11) is 0. The van der Waals surface area contributed by atoms with Gasteiger partial charge in [-0.1, -0.05) is 6.92 Å². The molecule has 0 N–H and O–H groups in total. The van der Waals surface area contributed by atoms with Crippen molar-refractivity contribution in [2.75, 3.05) is 18.0 Å². The topological polar surface area (TPSA) is 116 Å². The highest BCUT2D eigenvalue weighted by atomic mass is 16.6. The predicted octanol–water partition coefficient (Wildman–Crippen LogP) is 1.95. The van der Waals surface area contributed by atoms with Crippen LogP contribution in [-0.4, -0.2) is 44.2 Å². The van der Waals surface area contributed by atoms with E-state index in [-0.39, 0.29) is 17.9 Å². The maximum atomic E-state index is 12.6. The van der Waals surface area contributed by atoms with E-state index in [0.29, 0.717) is 18.1 Å². The zero-order valence-corrected chi connectivity index (χ0v) is 14.5. The molecule has 138 valence electrons. The van der Waals surface area contributed by atoms with E-state index in [9.17, 15) is 14.9 Å². The van der Waals surface area contributed by atoms with E-state index in [2.05, 4.69) is 15.5 Å². The number of carbonyl (C=O) groups is 1. The molecule has 1 fully saturated rings. The van der Waals surface area contributed by atoms with E-state index in [1.165, 1.54) is 12.1 Å². The molecule has 0 amide bonds. The third-order valence-electron chi connectivity index (χ3n) is 4.23. The number of anilines is 1. The molecule has 0 unspecified atom stereocenters. The largest absolute Gasteiger partial charge is 0.454 e. The molecular weight excluding hydrogens is 340 g/mol. The molecule has 2 aromatic rings. The lowest BCUT2D eigenvalue weighted by molar-refractivity contribution is -0.384. The average molecular weight is 360 g/mol. The van der Waals surface area contributed by atoms with Crippen LogP contribution in [0.25, 0.3) is 0 Å². The quantitative estimate of drug-likeness (QED) is 0.418. The predicted molar refractivity (Wildman–Crippen MR) is 91.8 cm³/mol. The Morgan fingerprint density at radius 3 is 2.81 bits per heavy atom. The first-order chi connectivity index (χ1) is 12.6. The Kier molecular flexibility index (Phi) is 5.40. The molecular formula is C16H20N6O4. The Morgan fingerprint density at radius 2 is 2.12 bits per heavy atom. The molecule has 1 saturated heterocycles. The number of ether oxygens (including phenoxy) is 1. The number of aromatic nitrogens is 4.